The van der Waals surface area contributed by atoms with Gasteiger partial charge in [0.2, 0.25) is 0 Å². The molecule has 27 heavy (non-hydrogen) atoms. The van der Waals surface area contributed by atoms with E-state index in [-0.39, 0.29) is 5.91 Å². The van der Waals surface area contributed by atoms with E-state index in [1.807, 2.05) is 60.7 Å². The van der Waals surface area contributed by atoms with Crippen molar-refractivity contribution >= 4 is 77.8 Å². The van der Waals surface area contributed by atoms with Crippen molar-refractivity contribution < 1.29 is 9.21 Å². The summed E-state index contributed by atoms with van der Waals surface area (Å²) in [5.74, 6) is 1.22. The Hall–Kier alpha value is -1.67. The Bertz CT molecular complexity index is 1060. The minimum Gasteiger partial charge on any atom is -0.457 e. The molecule has 1 aliphatic rings. The van der Waals surface area contributed by atoms with E-state index >= 15 is 0 Å². The lowest BCUT2D eigenvalue weighted by Crippen LogP contribution is -2.27. The first-order valence-electron chi connectivity index (χ1n) is 7.90. The average Bonchev–Trinajstić information content (AvgIpc) is 3.22. The van der Waals surface area contributed by atoms with Crippen LogP contribution in [0.2, 0.25) is 0 Å². The molecule has 1 aromatic heterocycles. The Morgan fingerprint density at radius 3 is 2.22 bits per heavy atom. The first-order chi connectivity index (χ1) is 13.0. The molecule has 0 saturated carbocycles. The van der Waals surface area contributed by atoms with E-state index in [1.165, 1.54) is 16.7 Å². The standard InChI is InChI=1S/C20H11Br2NO2S2/c21-13-3-1-12(2-4-13)17-10-9-16(25-17)11-18-19(24)23(20(26)27-18)15-7-5-14(22)6-8-15/h1-11H/b18-11+. The zero-order valence-corrected chi connectivity index (χ0v) is 18.5. The summed E-state index contributed by atoms with van der Waals surface area (Å²) >= 11 is 13.5. The Morgan fingerprint density at radius 1 is 0.926 bits per heavy atom. The maximum absolute atomic E-state index is 12.8. The fourth-order valence-corrected chi connectivity index (χ4v) is 4.42. The summed E-state index contributed by atoms with van der Waals surface area (Å²) in [7, 11) is 0. The lowest BCUT2D eigenvalue weighted by molar-refractivity contribution is -0.113. The molecule has 1 amide bonds. The fraction of sp³-hybridized carbons (Fsp3) is 0. The van der Waals surface area contributed by atoms with E-state index < -0.39 is 0 Å². The predicted molar refractivity (Wildman–Crippen MR) is 122 cm³/mol. The fourth-order valence-electron chi connectivity index (χ4n) is 2.61. The number of thioether (sulfide) groups is 1. The Kier molecular flexibility index (Phi) is 5.36. The van der Waals surface area contributed by atoms with Crippen molar-refractivity contribution in [2.75, 3.05) is 4.90 Å². The lowest BCUT2D eigenvalue weighted by Gasteiger charge is -2.14. The second-order valence-electron chi connectivity index (χ2n) is 5.70. The second kappa shape index (κ2) is 7.75. The van der Waals surface area contributed by atoms with Crippen LogP contribution in [0.1, 0.15) is 5.76 Å². The maximum atomic E-state index is 12.8. The highest BCUT2D eigenvalue weighted by atomic mass is 79.9. The molecule has 0 radical (unpaired) electrons. The van der Waals surface area contributed by atoms with Gasteiger partial charge in [0.15, 0.2) is 4.32 Å². The van der Waals surface area contributed by atoms with Gasteiger partial charge in [-0.1, -0.05) is 68.0 Å². The third kappa shape index (κ3) is 3.96. The molecule has 0 unspecified atom stereocenters. The van der Waals surface area contributed by atoms with Gasteiger partial charge in [-0.25, -0.2) is 0 Å². The van der Waals surface area contributed by atoms with Crippen LogP contribution >= 0.6 is 55.8 Å². The zero-order valence-electron chi connectivity index (χ0n) is 13.7. The summed E-state index contributed by atoms with van der Waals surface area (Å²) in [5.41, 5.74) is 1.72. The van der Waals surface area contributed by atoms with Crippen molar-refractivity contribution in [1.82, 2.24) is 0 Å². The van der Waals surface area contributed by atoms with Crippen LogP contribution in [-0.2, 0) is 4.79 Å². The van der Waals surface area contributed by atoms with Gasteiger partial charge < -0.3 is 4.42 Å². The first-order valence-corrected chi connectivity index (χ1v) is 10.7. The molecule has 0 N–H and O–H groups in total. The van der Waals surface area contributed by atoms with Crippen LogP contribution in [-0.4, -0.2) is 10.2 Å². The molecule has 0 spiro atoms. The number of benzene rings is 2. The van der Waals surface area contributed by atoms with Crippen LogP contribution in [0.3, 0.4) is 0 Å². The van der Waals surface area contributed by atoms with Crippen molar-refractivity contribution in [2.45, 2.75) is 0 Å². The summed E-state index contributed by atoms with van der Waals surface area (Å²) in [6.45, 7) is 0. The van der Waals surface area contributed by atoms with Crippen LogP contribution in [0.15, 0.2) is 78.9 Å². The van der Waals surface area contributed by atoms with Gasteiger partial charge in [-0.15, -0.1) is 0 Å². The zero-order chi connectivity index (χ0) is 19.0. The van der Waals surface area contributed by atoms with Gasteiger partial charge in [0.1, 0.15) is 11.5 Å². The molecule has 2 aromatic carbocycles. The van der Waals surface area contributed by atoms with Crippen molar-refractivity contribution in [3.05, 3.63) is 80.3 Å². The SMILES string of the molecule is O=C1/C(=C\c2ccc(-c3ccc(Br)cc3)o2)SC(=S)N1c1ccc(Br)cc1. The molecular weight excluding hydrogens is 510 g/mol. The van der Waals surface area contributed by atoms with Crippen molar-refractivity contribution in [1.29, 1.82) is 0 Å². The molecule has 4 rings (SSSR count). The average molecular weight is 521 g/mol. The van der Waals surface area contributed by atoms with E-state index in [2.05, 4.69) is 31.9 Å². The van der Waals surface area contributed by atoms with E-state index in [0.29, 0.717) is 15.0 Å². The summed E-state index contributed by atoms with van der Waals surface area (Å²) in [6, 6.07) is 19.1. The van der Waals surface area contributed by atoms with E-state index in [9.17, 15) is 4.79 Å². The number of hydrogen-bond donors (Lipinski definition) is 0. The molecule has 7 heteroatoms. The lowest BCUT2D eigenvalue weighted by atomic mass is 10.2. The number of amides is 1. The molecule has 0 atom stereocenters. The number of carbonyl (C=O) groups excluding carboxylic acids is 1. The highest BCUT2D eigenvalue weighted by Gasteiger charge is 2.33. The van der Waals surface area contributed by atoms with Gasteiger partial charge in [0, 0.05) is 20.6 Å². The quantitative estimate of drug-likeness (QED) is 0.278. The summed E-state index contributed by atoms with van der Waals surface area (Å²) in [5, 5.41) is 0. The van der Waals surface area contributed by atoms with Gasteiger partial charge in [-0.05, 0) is 48.5 Å². The number of thiocarbonyl (C=S) groups is 1. The molecule has 0 bridgehead atoms. The molecule has 0 aliphatic carbocycles. The third-order valence-electron chi connectivity index (χ3n) is 3.91. The van der Waals surface area contributed by atoms with Gasteiger partial charge in [-0.2, -0.15) is 0 Å². The first kappa shape index (κ1) is 18.7. The van der Waals surface area contributed by atoms with Crippen molar-refractivity contribution in [3.63, 3.8) is 0 Å². The number of carbonyl (C=O) groups is 1. The molecule has 134 valence electrons. The highest BCUT2D eigenvalue weighted by Crippen LogP contribution is 2.37. The van der Waals surface area contributed by atoms with Crippen LogP contribution in [0, 0.1) is 0 Å². The van der Waals surface area contributed by atoms with Gasteiger partial charge in [0.05, 0.1) is 10.6 Å². The van der Waals surface area contributed by atoms with E-state index in [1.54, 1.807) is 6.08 Å². The monoisotopic (exact) mass is 519 g/mol. The van der Waals surface area contributed by atoms with Crippen LogP contribution in [0.4, 0.5) is 5.69 Å². The molecule has 1 fully saturated rings. The van der Waals surface area contributed by atoms with Crippen molar-refractivity contribution in [2.24, 2.45) is 0 Å². The summed E-state index contributed by atoms with van der Waals surface area (Å²) < 4.78 is 8.35. The number of anilines is 1. The third-order valence-corrected chi connectivity index (χ3v) is 6.27. The topological polar surface area (TPSA) is 33.5 Å². The van der Waals surface area contributed by atoms with Crippen LogP contribution in [0.5, 0.6) is 0 Å². The number of halogens is 2. The van der Waals surface area contributed by atoms with Crippen LogP contribution in [0.25, 0.3) is 17.4 Å². The predicted octanol–water partition coefficient (Wildman–Crippen LogP) is 6.88. The minimum absolute atomic E-state index is 0.145. The normalized spacial score (nSPS) is 15.8. The number of furan rings is 1. The largest absolute Gasteiger partial charge is 0.457 e. The van der Waals surface area contributed by atoms with Gasteiger partial charge in [0.25, 0.3) is 5.91 Å². The number of rotatable bonds is 3. The Balaban J connectivity index is 1.59. The summed E-state index contributed by atoms with van der Waals surface area (Å²) in [6.07, 6.45) is 1.74. The molecule has 1 saturated heterocycles. The smallest absolute Gasteiger partial charge is 0.270 e. The Morgan fingerprint density at radius 2 is 1.56 bits per heavy atom. The molecule has 3 aromatic rings. The molecule has 2 heterocycles. The number of nitrogens with zero attached hydrogens (tertiary/aromatic N) is 1. The molecule has 3 nitrogen and oxygen atoms in total. The van der Waals surface area contributed by atoms with E-state index in [0.717, 1.165) is 26.0 Å². The van der Waals surface area contributed by atoms with Gasteiger partial charge >= 0.3 is 0 Å². The summed E-state index contributed by atoms with van der Waals surface area (Å²) in [4.78, 5) is 14.9. The minimum atomic E-state index is -0.145. The van der Waals surface area contributed by atoms with Gasteiger partial charge in [-0.3, -0.25) is 9.69 Å². The highest BCUT2D eigenvalue weighted by molar-refractivity contribution is 9.10. The van der Waals surface area contributed by atoms with E-state index in [4.69, 9.17) is 16.6 Å². The molecular formula is C20H11Br2NO2S2. The Labute approximate surface area is 182 Å². The second-order valence-corrected chi connectivity index (χ2v) is 9.21. The van der Waals surface area contributed by atoms with Crippen molar-refractivity contribution in [3.8, 4) is 11.3 Å². The number of hydrogen-bond acceptors (Lipinski definition) is 4. The van der Waals surface area contributed by atoms with Crippen LogP contribution < -0.4 is 4.90 Å². The maximum Gasteiger partial charge on any atom is 0.270 e. The molecule has 1 aliphatic heterocycles.